The van der Waals surface area contributed by atoms with Crippen molar-refractivity contribution in [2.75, 3.05) is 19.0 Å². The molecule has 1 N–H and O–H groups in total. The van der Waals surface area contributed by atoms with E-state index >= 15 is 0 Å². The van der Waals surface area contributed by atoms with Gasteiger partial charge in [0.25, 0.3) is 0 Å². The van der Waals surface area contributed by atoms with Crippen molar-refractivity contribution in [1.82, 2.24) is 15.0 Å². The van der Waals surface area contributed by atoms with Crippen LogP contribution >= 0.6 is 22.6 Å². The third-order valence-corrected chi connectivity index (χ3v) is 3.84. The SMILES string of the molecule is CCNc1nc(Cc2ccncc2)nc(COC)c1I. The lowest BCUT2D eigenvalue weighted by atomic mass is 10.2. The van der Waals surface area contributed by atoms with Crippen LogP contribution in [0.5, 0.6) is 0 Å². The molecule has 0 bridgehead atoms. The Balaban J connectivity index is 2.32. The molecule has 6 heteroatoms. The Hall–Kier alpha value is -1.28. The van der Waals surface area contributed by atoms with Crippen LogP contribution in [0.3, 0.4) is 0 Å². The summed E-state index contributed by atoms with van der Waals surface area (Å²) in [5.74, 6) is 1.67. The van der Waals surface area contributed by atoms with Crippen molar-refractivity contribution >= 4 is 28.4 Å². The zero-order valence-corrected chi connectivity index (χ0v) is 13.7. The van der Waals surface area contributed by atoms with Gasteiger partial charge in [0, 0.05) is 32.5 Å². The van der Waals surface area contributed by atoms with Crippen molar-refractivity contribution in [2.24, 2.45) is 0 Å². The van der Waals surface area contributed by atoms with Crippen LogP contribution < -0.4 is 5.32 Å². The molecule has 0 atom stereocenters. The third-order valence-electron chi connectivity index (χ3n) is 2.70. The zero-order chi connectivity index (χ0) is 14.4. The number of rotatable bonds is 6. The molecule has 0 aliphatic rings. The van der Waals surface area contributed by atoms with E-state index in [9.17, 15) is 0 Å². The number of halogens is 1. The number of anilines is 1. The number of hydrogen-bond acceptors (Lipinski definition) is 5. The maximum absolute atomic E-state index is 5.21. The first-order valence-electron chi connectivity index (χ1n) is 6.41. The predicted octanol–water partition coefficient (Wildman–Crippen LogP) is 2.65. The molecule has 0 fully saturated rings. The minimum absolute atomic E-state index is 0.489. The van der Waals surface area contributed by atoms with Gasteiger partial charge in [-0.3, -0.25) is 4.98 Å². The second-order valence-corrected chi connectivity index (χ2v) is 5.32. The number of nitrogens with one attached hydrogen (secondary N) is 1. The largest absolute Gasteiger partial charge is 0.378 e. The minimum Gasteiger partial charge on any atom is -0.378 e. The highest BCUT2D eigenvalue weighted by Crippen LogP contribution is 2.20. The molecule has 2 rings (SSSR count). The van der Waals surface area contributed by atoms with Gasteiger partial charge in [0.2, 0.25) is 0 Å². The fraction of sp³-hybridized carbons (Fsp3) is 0.357. The normalized spacial score (nSPS) is 10.6. The van der Waals surface area contributed by atoms with E-state index in [1.54, 1.807) is 19.5 Å². The van der Waals surface area contributed by atoms with Crippen molar-refractivity contribution in [3.8, 4) is 0 Å². The molecule has 2 heterocycles. The topological polar surface area (TPSA) is 59.9 Å². The molecule has 0 saturated heterocycles. The average molecular weight is 384 g/mol. The maximum atomic E-state index is 5.21. The molecular formula is C14H17IN4O. The van der Waals surface area contributed by atoms with E-state index in [1.165, 1.54) is 0 Å². The van der Waals surface area contributed by atoms with Crippen molar-refractivity contribution in [3.05, 3.63) is 45.2 Å². The molecule has 0 spiro atoms. The number of methoxy groups -OCH3 is 1. The first-order chi connectivity index (χ1) is 9.74. The van der Waals surface area contributed by atoms with E-state index in [4.69, 9.17) is 4.74 Å². The summed E-state index contributed by atoms with van der Waals surface area (Å²) >= 11 is 2.26. The van der Waals surface area contributed by atoms with Crippen LogP contribution in [-0.2, 0) is 17.8 Å². The Morgan fingerprint density at radius 3 is 2.65 bits per heavy atom. The van der Waals surface area contributed by atoms with Gasteiger partial charge in [-0.2, -0.15) is 0 Å². The summed E-state index contributed by atoms with van der Waals surface area (Å²) in [6.45, 7) is 3.37. The molecule has 5 nitrogen and oxygen atoms in total. The summed E-state index contributed by atoms with van der Waals surface area (Å²) in [4.78, 5) is 13.2. The van der Waals surface area contributed by atoms with Gasteiger partial charge in [0.1, 0.15) is 11.6 Å². The van der Waals surface area contributed by atoms with Crippen LogP contribution in [0.15, 0.2) is 24.5 Å². The Labute approximate surface area is 132 Å². The lowest BCUT2D eigenvalue weighted by Crippen LogP contribution is -2.10. The Kier molecular flexibility index (Phi) is 5.66. The second-order valence-electron chi connectivity index (χ2n) is 4.24. The summed E-state index contributed by atoms with van der Waals surface area (Å²) in [6.07, 6.45) is 4.25. The van der Waals surface area contributed by atoms with Crippen molar-refractivity contribution in [1.29, 1.82) is 0 Å². The monoisotopic (exact) mass is 384 g/mol. The standard InChI is InChI=1S/C14H17IN4O/c1-3-17-14-13(15)11(9-20-2)18-12(19-14)8-10-4-6-16-7-5-10/h4-7H,3,8-9H2,1-2H3,(H,17,18,19). The first kappa shape index (κ1) is 15.1. The Morgan fingerprint density at radius 1 is 1.25 bits per heavy atom. The fourth-order valence-corrected chi connectivity index (χ4v) is 2.41. The first-order valence-corrected chi connectivity index (χ1v) is 7.49. The van der Waals surface area contributed by atoms with Gasteiger partial charge >= 0.3 is 0 Å². The number of pyridine rings is 1. The Morgan fingerprint density at radius 2 is 2.00 bits per heavy atom. The van der Waals surface area contributed by atoms with E-state index in [2.05, 4.69) is 49.8 Å². The highest BCUT2D eigenvalue weighted by Gasteiger charge is 2.12. The minimum atomic E-state index is 0.489. The van der Waals surface area contributed by atoms with Crippen LogP contribution in [0.4, 0.5) is 5.82 Å². The number of ether oxygens (including phenoxy) is 1. The highest BCUT2D eigenvalue weighted by atomic mass is 127. The molecule has 0 saturated carbocycles. The van der Waals surface area contributed by atoms with Gasteiger partial charge in [-0.1, -0.05) is 0 Å². The molecule has 0 aliphatic heterocycles. The Bertz CT molecular complexity index is 535. The summed E-state index contributed by atoms with van der Waals surface area (Å²) in [6, 6.07) is 3.95. The zero-order valence-electron chi connectivity index (χ0n) is 11.6. The second kappa shape index (κ2) is 7.49. The van der Waals surface area contributed by atoms with E-state index in [0.29, 0.717) is 13.0 Å². The summed E-state index contributed by atoms with van der Waals surface area (Å²) in [5.41, 5.74) is 2.06. The lowest BCUT2D eigenvalue weighted by molar-refractivity contribution is 0.180. The lowest BCUT2D eigenvalue weighted by Gasteiger charge is -2.12. The predicted molar refractivity (Wildman–Crippen MR) is 86.7 cm³/mol. The number of hydrogen-bond donors (Lipinski definition) is 1. The molecule has 2 aromatic heterocycles. The molecule has 106 valence electrons. The maximum Gasteiger partial charge on any atom is 0.143 e. The smallest absolute Gasteiger partial charge is 0.143 e. The molecule has 0 aliphatic carbocycles. The van der Waals surface area contributed by atoms with Crippen LogP contribution in [0.2, 0.25) is 0 Å². The number of nitrogens with zero attached hydrogens (tertiary/aromatic N) is 3. The average Bonchev–Trinajstić information content (AvgIpc) is 2.45. The molecule has 0 amide bonds. The van der Waals surface area contributed by atoms with Gasteiger partial charge in [-0.25, -0.2) is 9.97 Å². The van der Waals surface area contributed by atoms with Crippen molar-refractivity contribution in [2.45, 2.75) is 20.0 Å². The van der Waals surface area contributed by atoms with E-state index in [0.717, 1.165) is 33.0 Å². The van der Waals surface area contributed by atoms with Crippen molar-refractivity contribution < 1.29 is 4.74 Å². The molecule has 2 aromatic rings. The fourth-order valence-electron chi connectivity index (χ4n) is 1.82. The number of aromatic nitrogens is 3. The molecule has 0 radical (unpaired) electrons. The van der Waals surface area contributed by atoms with Crippen LogP contribution in [0, 0.1) is 3.57 Å². The van der Waals surface area contributed by atoms with Gasteiger partial charge in [0.05, 0.1) is 15.9 Å². The van der Waals surface area contributed by atoms with Crippen LogP contribution in [0.1, 0.15) is 24.0 Å². The van der Waals surface area contributed by atoms with Gasteiger partial charge < -0.3 is 10.1 Å². The van der Waals surface area contributed by atoms with Gasteiger partial charge in [-0.05, 0) is 47.2 Å². The summed E-state index contributed by atoms with van der Waals surface area (Å²) in [5, 5.41) is 3.27. The quantitative estimate of drug-likeness (QED) is 0.777. The van der Waals surface area contributed by atoms with Crippen LogP contribution in [-0.4, -0.2) is 28.6 Å². The molecular weight excluding hydrogens is 367 g/mol. The van der Waals surface area contributed by atoms with Crippen LogP contribution in [0.25, 0.3) is 0 Å². The van der Waals surface area contributed by atoms with E-state index in [-0.39, 0.29) is 0 Å². The summed E-state index contributed by atoms with van der Waals surface area (Å²) < 4.78 is 6.23. The highest BCUT2D eigenvalue weighted by molar-refractivity contribution is 14.1. The summed E-state index contributed by atoms with van der Waals surface area (Å²) in [7, 11) is 1.67. The third kappa shape index (κ3) is 3.86. The molecule has 20 heavy (non-hydrogen) atoms. The molecule has 0 unspecified atom stereocenters. The van der Waals surface area contributed by atoms with Crippen molar-refractivity contribution in [3.63, 3.8) is 0 Å². The van der Waals surface area contributed by atoms with E-state index in [1.807, 2.05) is 12.1 Å². The van der Waals surface area contributed by atoms with Gasteiger partial charge in [-0.15, -0.1) is 0 Å². The van der Waals surface area contributed by atoms with Gasteiger partial charge in [0.15, 0.2) is 0 Å². The molecule has 0 aromatic carbocycles. The van der Waals surface area contributed by atoms with E-state index < -0.39 is 0 Å².